The first-order chi connectivity index (χ1) is 12.6. The number of rotatable bonds is 6. The molecule has 0 atom stereocenters. The number of nitrogens with one attached hydrogen (secondary N) is 2. The molecule has 11 heteroatoms. The Balaban J connectivity index is 2.04. The molecule has 0 heterocycles. The van der Waals surface area contributed by atoms with Crippen molar-refractivity contribution in [2.75, 3.05) is 6.61 Å². The molecule has 2 rings (SSSR count). The fourth-order valence-electron chi connectivity index (χ4n) is 1.98. The van der Waals surface area contributed by atoms with E-state index < -0.39 is 39.2 Å². The normalized spacial score (nSPS) is 11.5. The number of halogens is 3. The number of hydrazine groups is 1. The maximum Gasteiger partial charge on any atom is 0.417 e. The Kier molecular flexibility index (Phi) is 6.04. The first-order valence-corrected chi connectivity index (χ1v) is 8.72. The summed E-state index contributed by atoms with van der Waals surface area (Å²) >= 11 is 0. The Hall–Kier alpha value is -3.10. The van der Waals surface area contributed by atoms with E-state index in [1.807, 2.05) is 6.07 Å². The predicted molar refractivity (Wildman–Crippen MR) is 86.6 cm³/mol. The van der Waals surface area contributed by atoms with Gasteiger partial charge in [-0.05, 0) is 24.3 Å². The van der Waals surface area contributed by atoms with E-state index in [-0.39, 0.29) is 11.3 Å². The van der Waals surface area contributed by atoms with Gasteiger partial charge in [-0.1, -0.05) is 24.3 Å². The summed E-state index contributed by atoms with van der Waals surface area (Å²) in [7, 11) is -4.67. The lowest BCUT2D eigenvalue weighted by molar-refractivity contribution is -0.139. The van der Waals surface area contributed by atoms with Crippen LogP contribution in [0.4, 0.5) is 13.2 Å². The second-order valence-corrected chi connectivity index (χ2v) is 6.70. The number of hydrogen-bond donors (Lipinski definition) is 2. The standard InChI is InChI=1S/C16H12F3N3O4S/c17-16(18,19)12-6-2-4-8-14(12)27(24,25)22-21-15(23)10-26-13-7-3-1-5-11(13)9-20/h1-8,22H,10H2,(H,21,23). The summed E-state index contributed by atoms with van der Waals surface area (Å²) in [6.45, 7) is -0.665. The van der Waals surface area contributed by atoms with Gasteiger partial charge in [-0.3, -0.25) is 10.2 Å². The summed E-state index contributed by atoms with van der Waals surface area (Å²) in [5.74, 6) is -0.878. The monoisotopic (exact) mass is 399 g/mol. The van der Waals surface area contributed by atoms with Crippen molar-refractivity contribution in [3.8, 4) is 11.8 Å². The van der Waals surface area contributed by atoms with Crippen LogP contribution < -0.4 is 15.0 Å². The van der Waals surface area contributed by atoms with E-state index in [2.05, 4.69) is 0 Å². The topological polar surface area (TPSA) is 108 Å². The summed E-state index contributed by atoms with van der Waals surface area (Å²) in [6, 6.07) is 11.4. The fraction of sp³-hybridized carbons (Fsp3) is 0.125. The van der Waals surface area contributed by atoms with E-state index in [1.165, 1.54) is 12.1 Å². The number of ether oxygens (including phenoxy) is 1. The van der Waals surface area contributed by atoms with Gasteiger partial charge in [-0.15, -0.1) is 4.83 Å². The molecular weight excluding hydrogens is 387 g/mol. The van der Waals surface area contributed by atoms with Gasteiger partial charge in [0.15, 0.2) is 6.61 Å². The summed E-state index contributed by atoms with van der Waals surface area (Å²) in [6.07, 6.45) is -4.89. The van der Waals surface area contributed by atoms with Crippen LogP contribution in [0.5, 0.6) is 5.75 Å². The van der Waals surface area contributed by atoms with E-state index >= 15 is 0 Å². The average molecular weight is 399 g/mol. The Labute approximate surface area is 152 Å². The molecule has 0 aromatic heterocycles. The molecule has 0 radical (unpaired) electrons. The summed E-state index contributed by atoms with van der Waals surface area (Å²) in [5, 5.41) is 8.90. The number of nitriles is 1. The van der Waals surface area contributed by atoms with Crippen LogP contribution in [0.25, 0.3) is 0 Å². The molecule has 2 N–H and O–H groups in total. The molecule has 2 aromatic rings. The van der Waals surface area contributed by atoms with E-state index in [0.29, 0.717) is 6.07 Å². The third kappa shape index (κ3) is 5.19. The van der Waals surface area contributed by atoms with Gasteiger partial charge in [-0.25, -0.2) is 8.42 Å². The largest absolute Gasteiger partial charge is 0.482 e. The zero-order chi connectivity index (χ0) is 20.1. The third-order valence-electron chi connectivity index (χ3n) is 3.17. The van der Waals surface area contributed by atoms with Gasteiger partial charge >= 0.3 is 6.18 Å². The second-order valence-electron chi connectivity index (χ2n) is 5.04. The number of hydrogen-bond acceptors (Lipinski definition) is 5. The molecule has 1 amide bonds. The van der Waals surface area contributed by atoms with Crippen molar-refractivity contribution in [3.63, 3.8) is 0 Å². The summed E-state index contributed by atoms with van der Waals surface area (Å²) in [4.78, 5) is 12.3. The molecule has 142 valence electrons. The van der Waals surface area contributed by atoms with Crippen molar-refractivity contribution in [2.24, 2.45) is 0 Å². The molecule has 0 fully saturated rings. The van der Waals surface area contributed by atoms with Gasteiger partial charge in [0, 0.05) is 0 Å². The molecule has 0 aliphatic heterocycles. The number of alkyl halides is 3. The van der Waals surface area contributed by atoms with Gasteiger partial charge in [0.25, 0.3) is 15.9 Å². The highest BCUT2D eigenvalue weighted by Crippen LogP contribution is 2.33. The van der Waals surface area contributed by atoms with Crippen molar-refractivity contribution in [1.29, 1.82) is 5.26 Å². The van der Waals surface area contributed by atoms with Crippen LogP contribution >= 0.6 is 0 Å². The highest BCUT2D eigenvalue weighted by Gasteiger charge is 2.36. The molecule has 0 saturated heterocycles. The fourth-order valence-corrected chi connectivity index (χ4v) is 3.07. The minimum absolute atomic E-state index is 0.0976. The molecule has 0 aliphatic carbocycles. The minimum atomic E-state index is -4.89. The number of para-hydroxylation sites is 1. The van der Waals surface area contributed by atoms with E-state index in [0.717, 1.165) is 18.2 Å². The molecule has 2 aromatic carbocycles. The van der Waals surface area contributed by atoms with Gasteiger partial charge in [0.1, 0.15) is 11.8 Å². The predicted octanol–water partition coefficient (Wildman–Crippen LogP) is 1.97. The number of amides is 1. The van der Waals surface area contributed by atoms with E-state index in [1.54, 1.807) is 22.4 Å². The number of benzene rings is 2. The lowest BCUT2D eigenvalue weighted by atomic mass is 10.2. The smallest absolute Gasteiger partial charge is 0.417 e. The number of carbonyl (C=O) groups is 1. The lowest BCUT2D eigenvalue weighted by Crippen LogP contribution is -2.44. The summed E-state index contributed by atoms with van der Waals surface area (Å²) in [5.41, 5.74) is 0.544. The highest BCUT2D eigenvalue weighted by molar-refractivity contribution is 7.89. The van der Waals surface area contributed by atoms with Crippen molar-refractivity contribution < 1.29 is 31.1 Å². The minimum Gasteiger partial charge on any atom is -0.482 e. The second kappa shape index (κ2) is 8.07. The van der Waals surface area contributed by atoms with Gasteiger partial charge in [0.2, 0.25) is 0 Å². The van der Waals surface area contributed by atoms with Crippen LogP contribution in [-0.2, 0) is 21.0 Å². The van der Waals surface area contributed by atoms with Crippen molar-refractivity contribution >= 4 is 15.9 Å². The maximum absolute atomic E-state index is 12.9. The van der Waals surface area contributed by atoms with Crippen molar-refractivity contribution in [1.82, 2.24) is 10.3 Å². The molecular formula is C16H12F3N3O4S. The average Bonchev–Trinajstić information content (AvgIpc) is 2.64. The molecule has 27 heavy (non-hydrogen) atoms. The summed E-state index contributed by atoms with van der Waals surface area (Å²) < 4.78 is 68.0. The first-order valence-electron chi connectivity index (χ1n) is 7.24. The SMILES string of the molecule is N#Cc1ccccc1OCC(=O)NNS(=O)(=O)c1ccccc1C(F)(F)F. The zero-order valence-electron chi connectivity index (χ0n) is 13.4. The van der Waals surface area contributed by atoms with Crippen LogP contribution in [0.1, 0.15) is 11.1 Å². The van der Waals surface area contributed by atoms with Crippen LogP contribution in [0.3, 0.4) is 0 Å². The van der Waals surface area contributed by atoms with Gasteiger partial charge < -0.3 is 4.74 Å². The van der Waals surface area contributed by atoms with Crippen LogP contribution in [0.2, 0.25) is 0 Å². The van der Waals surface area contributed by atoms with Crippen LogP contribution in [0.15, 0.2) is 53.4 Å². The maximum atomic E-state index is 12.9. The lowest BCUT2D eigenvalue weighted by Gasteiger charge is -2.14. The van der Waals surface area contributed by atoms with Crippen molar-refractivity contribution in [2.45, 2.75) is 11.1 Å². The molecule has 0 bridgehead atoms. The highest BCUT2D eigenvalue weighted by atomic mass is 32.2. The molecule has 0 unspecified atom stereocenters. The number of carbonyl (C=O) groups excluding carboxylic acids is 1. The molecule has 0 aliphatic rings. The Morgan fingerprint density at radius 2 is 1.74 bits per heavy atom. The third-order valence-corrected chi connectivity index (χ3v) is 4.48. The Morgan fingerprint density at radius 3 is 2.41 bits per heavy atom. The first kappa shape index (κ1) is 20.2. The van der Waals surface area contributed by atoms with Gasteiger partial charge in [0.05, 0.1) is 16.0 Å². The Morgan fingerprint density at radius 1 is 1.11 bits per heavy atom. The van der Waals surface area contributed by atoms with E-state index in [9.17, 15) is 26.4 Å². The quantitative estimate of drug-likeness (QED) is 0.722. The molecule has 0 saturated carbocycles. The van der Waals surface area contributed by atoms with Gasteiger partial charge in [-0.2, -0.15) is 18.4 Å². The van der Waals surface area contributed by atoms with Crippen LogP contribution in [-0.4, -0.2) is 20.9 Å². The Bertz CT molecular complexity index is 985. The van der Waals surface area contributed by atoms with Crippen molar-refractivity contribution in [3.05, 3.63) is 59.7 Å². The van der Waals surface area contributed by atoms with E-state index in [4.69, 9.17) is 10.00 Å². The van der Waals surface area contributed by atoms with Crippen LogP contribution in [0, 0.1) is 11.3 Å². The molecule has 7 nitrogen and oxygen atoms in total. The number of nitrogens with zero attached hydrogens (tertiary/aromatic N) is 1. The number of sulfonamides is 1. The molecule has 0 spiro atoms. The zero-order valence-corrected chi connectivity index (χ0v) is 14.3.